The van der Waals surface area contributed by atoms with Gasteiger partial charge in [-0.3, -0.25) is 4.79 Å². The minimum Gasteiger partial charge on any atom is -0.493 e. The van der Waals surface area contributed by atoms with E-state index >= 15 is 0 Å². The number of carbonyl (C=O) groups is 1. The van der Waals surface area contributed by atoms with Crippen molar-refractivity contribution < 1.29 is 18.7 Å². The molecule has 0 unspecified atom stereocenters. The SMILES string of the molecule is CCOC(=O)CCCCCOc1cc(F)ccc1[C@H](C)N. The number of rotatable bonds is 9. The number of unbranched alkanes of at least 4 members (excludes halogenated alkanes) is 2. The molecule has 1 aromatic rings. The van der Waals surface area contributed by atoms with E-state index in [1.165, 1.54) is 12.1 Å². The highest BCUT2D eigenvalue weighted by molar-refractivity contribution is 5.69. The Bertz CT molecular complexity index is 449. The second-order valence-electron chi connectivity index (χ2n) is 4.93. The Kier molecular flexibility index (Phi) is 7.75. The van der Waals surface area contributed by atoms with Gasteiger partial charge < -0.3 is 15.2 Å². The quantitative estimate of drug-likeness (QED) is 0.561. The highest BCUT2D eigenvalue weighted by Crippen LogP contribution is 2.25. The number of ether oxygens (including phenoxy) is 2. The highest BCUT2D eigenvalue weighted by Gasteiger charge is 2.09. The molecule has 0 fully saturated rings. The third-order valence-electron chi connectivity index (χ3n) is 3.05. The van der Waals surface area contributed by atoms with E-state index in [-0.39, 0.29) is 17.8 Å². The summed E-state index contributed by atoms with van der Waals surface area (Å²) in [7, 11) is 0. The van der Waals surface area contributed by atoms with Crippen molar-refractivity contribution in [1.29, 1.82) is 0 Å². The van der Waals surface area contributed by atoms with Crippen LogP contribution in [0.15, 0.2) is 18.2 Å². The summed E-state index contributed by atoms with van der Waals surface area (Å²) in [4.78, 5) is 11.1. The predicted molar refractivity (Wildman–Crippen MR) is 79.6 cm³/mol. The number of benzene rings is 1. The van der Waals surface area contributed by atoms with Gasteiger partial charge in [0.05, 0.1) is 13.2 Å². The van der Waals surface area contributed by atoms with Crippen LogP contribution in [0.2, 0.25) is 0 Å². The highest BCUT2D eigenvalue weighted by atomic mass is 19.1. The lowest BCUT2D eigenvalue weighted by Gasteiger charge is -2.14. The third kappa shape index (κ3) is 6.58. The van der Waals surface area contributed by atoms with E-state index in [1.807, 2.05) is 6.92 Å². The smallest absolute Gasteiger partial charge is 0.305 e. The summed E-state index contributed by atoms with van der Waals surface area (Å²) in [6.07, 6.45) is 2.86. The summed E-state index contributed by atoms with van der Waals surface area (Å²) in [5.74, 6) is -0.00473. The van der Waals surface area contributed by atoms with Crippen LogP contribution in [0.5, 0.6) is 5.75 Å². The average molecular weight is 297 g/mol. The molecule has 0 aliphatic heterocycles. The van der Waals surface area contributed by atoms with Crippen molar-refractivity contribution >= 4 is 5.97 Å². The van der Waals surface area contributed by atoms with E-state index in [4.69, 9.17) is 15.2 Å². The molecule has 0 amide bonds. The molecule has 118 valence electrons. The van der Waals surface area contributed by atoms with Gasteiger partial charge in [-0.05, 0) is 39.2 Å². The largest absolute Gasteiger partial charge is 0.493 e. The van der Waals surface area contributed by atoms with E-state index in [9.17, 15) is 9.18 Å². The summed E-state index contributed by atoms with van der Waals surface area (Å²) in [6, 6.07) is 4.18. The molecule has 1 aromatic carbocycles. The number of halogens is 1. The minimum absolute atomic E-state index is 0.164. The molecule has 4 nitrogen and oxygen atoms in total. The molecular formula is C16H24FNO3. The molecule has 0 aliphatic rings. The first kappa shape index (κ1) is 17.4. The molecule has 0 aliphatic carbocycles. The van der Waals surface area contributed by atoms with Crippen molar-refractivity contribution in [3.05, 3.63) is 29.6 Å². The molecule has 0 saturated carbocycles. The zero-order valence-corrected chi connectivity index (χ0v) is 12.7. The third-order valence-corrected chi connectivity index (χ3v) is 3.05. The normalized spacial score (nSPS) is 12.0. The molecular weight excluding hydrogens is 273 g/mol. The number of hydrogen-bond donors (Lipinski definition) is 1. The second kappa shape index (κ2) is 9.34. The van der Waals surface area contributed by atoms with Crippen LogP contribution < -0.4 is 10.5 Å². The van der Waals surface area contributed by atoms with Crippen LogP contribution >= 0.6 is 0 Å². The maximum atomic E-state index is 13.2. The van der Waals surface area contributed by atoms with Crippen LogP contribution in [0.25, 0.3) is 0 Å². The zero-order valence-electron chi connectivity index (χ0n) is 12.7. The zero-order chi connectivity index (χ0) is 15.7. The predicted octanol–water partition coefficient (Wildman–Crippen LogP) is 3.35. The van der Waals surface area contributed by atoms with Crippen molar-refractivity contribution in [3.8, 4) is 5.75 Å². The topological polar surface area (TPSA) is 61.5 Å². The summed E-state index contributed by atoms with van der Waals surface area (Å²) >= 11 is 0. The van der Waals surface area contributed by atoms with E-state index in [0.29, 0.717) is 25.4 Å². The van der Waals surface area contributed by atoms with Crippen molar-refractivity contribution in [2.45, 2.75) is 45.6 Å². The van der Waals surface area contributed by atoms with Gasteiger partial charge in [-0.25, -0.2) is 4.39 Å². The second-order valence-corrected chi connectivity index (χ2v) is 4.93. The lowest BCUT2D eigenvalue weighted by atomic mass is 10.1. The average Bonchev–Trinajstić information content (AvgIpc) is 2.42. The summed E-state index contributed by atoms with van der Waals surface area (Å²) in [5, 5.41) is 0. The lowest BCUT2D eigenvalue weighted by Crippen LogP contribution is -2.09. The van der Waals surface area contributed by atoms with Gasteiger partial charge in [0.2, 0.25) is 0 Å². The molecule has 0 radical (unpaired) electrons. The number of carbonyl (C=O) groups excluding carboxylic acids is 1. The van der Waals surface area contributed by atoms with Crippen molar-refractivity contribution in [2.24, 2.45) is 5.73 Å². The molecule has 0 aromatic heterocycles. The van der Waals surface area contributed by atoms with Crippen LogP contribution in [0.4, 0.5) is 4.39 Å². The van der Waals surface area contributed by atoms with Crippen molar-refractivity contribution in [2.75, 3.05) is 13.2 Å². The molecule has 0 heterocycles. The molecule has 1 atom stereocenters. The van der Waals surface area contributed by atoms with E-state index in [2.05, 4.69) is 0 Å². The fourth-order valence-corrected chi connectivity index (χ4v) is 1.97. The van der Waals surface area contributed by atoms with Gasteiger partial charge in [0.25, 0.3) is 0 Å². The summed E-state index contributed by atoms with van der Waals surface area (Å²) in [6.45, 7) is 4.52. The molecule has 5 heteroatoms. The van der Waals surface area contributed by atoms with Crippen LogP contribution in [-0.4, -0.2) is 19.2 Å². The minimum atomic E-state index is -0.336. The monoisotopic (exact) mass is 297 g/mol. The van der Waals surface area contributed by atoms with E-state index in [0.717, 1.165) is 24.8 Å². The summed E-state index contributed by atoms with van der Waals surface area (Å²) < 4.78 is 23.7. The first-order chi connectivity index (χ1) is 10.0. The van der Waals surface area contributed by atoms with Crippen molar-refractivity contribution in [1.82, 2.24) is 0 Å². The first-order valence-corrected chi connectivity index (χ1v) is 7.38. The Morgan fingerprint density at radius 3 is 2.76 bits per heavy atom. The van der Waals surface area contributed by atoms with Crippen LogP contribution in [0.3, 0.4) is 0 Å². The van der Waals surface area contributed by atoms with Gasteiger partial charge in [-0.1, -0.05) is 6.07 Å². The molecule has 0 spiro atoms. The first-order valence-electron chi connectivity index (χ1n) is 7.38. The van der Waals surface area contributed by atoms with Crippen molar-refractivity contribution in [3.63, 3.8) is 0 Å². The molecule has 21 heavy (non-hydrogen) atoms. The van der Waals surface area contributed by atoms with Gasteiger partial charge in [-0.2, -0.15) is 0 Å². The Morgan fingerprint density at radius 2 is 2.10 bits per heavy atom. The molecule has 0 saturated heterocycles. The van der Waals surface area contributed by atoms with Gasteiger partial charge in [0.15, 0.2) is 0 Å². The number of esters is 1. The fraction of sp³-hybridized carbons (Fsp3) is 0.562. The van der Waals surface area contributed by atoms with Gasteiger partial charge in [-0.15, -0.1) is 0 Å². The van der Waals surface area contributed by atoms with E-state index in [1.54, 1.807) is 13.0 Å². The fourth-order valence-electron chi connectivity index (χ4n) is 1.97. The summed E-state index contributed by atoms with van der Waals surface area (Å²) in [5.41, 5.74) is 6.62. The van der Waals surface area contributed by atoms with Gasteiger partial charge in [0.1, 0.15) is 11.6 Å². The van der Waals surface area contributed by atoms with Gasteiger partial charge in [0, 0.05) is 24.1 Å². The molecule has 2 N–H and O–H groups in total. The van der Waals surface area contributed by atoms with E-state index < -0.39 is 0 Å². The maximum Gasteiger partial charge on any atom is 0.305 e. The van der Waals surface area contributed by atoms with Crippen LogP contribution in [-0.2, 0) is 9.53 Å². The lowest BCUT2D eigenvalue weighted by molar-refractivity contribution is -0.143. The Balaban J connectivity index is 2.29. The van der Waals surface area contributed by atoms with Gasteiger partial charge >= 0.3 is 5.97 Å². The van der Waals surface area contributed by atoms with Crippen LogP contribution in [0, 0.1) is 5.82 Å². The molecule has 0 bridgehead atoms. The number of nitrogens with two attached hydrogens (primary N) is 1. The van der Waals surface area contributed by atoms with Crippen LogP contribution in [0.1, 0.15) is 51.1 Å². The maximum absolute atomic E-state index is 13.2. The Morgan fingerprint density at radius 1 is 1.33 bits per heavy atom. The number of hydrogen-bond acceptors (Lipinski definition) is 4. The Hall–Kier alpha value is -1.62. The standard InChI is InChI=1S/C16H24FNO3/c1-3-20-16(19)7-5-4-6-10-21-15-11-13(17)8-9-14(15)12(2)18/h8-9,11-12H,3-7,10,18H2,1-2H3/t12-/m0/s1. The Labute approximate surface area is 125 Å². The molecule has 1 rings (SSSR count).